The number of carbonyl (C=O) groups is 1. The molecule has 1 aliphatic heterocycles. The number of aromatic carboxylic acids is 1. The highest BCUT2D eigenvalue weighted by Crippen LogP contribution is 2.34. The van der Waals surface area contributed by atoms with E-state index in [-0.39, 0.29) is 11.1 Å². The molecule has 2 aromatic rings. The van der Waals surface area contributed by atoms with Gasteiger partial charge in [-0.15, -0.1) is 0 Å². The first-order valence-corrected chi connectivity index (χ1v) is 6.38. The molecule has 0 atom stereocenters. The number of carboxylic acids is 1. The summed E-state index contributed by atoms with van der Waals surface area (Å²) < 4.78 is 11.1. The molecule has 0 fully saturated rings. The first-order valence-electron chi connectivity index (χ1n) is 6.38. The lowest BCUT2D eigenvalue weighted by Gasteiger charge is -2.10. The number of rotatable bonds is 2. The molecule has 108 valence electrons. The molecule has 2 N–H and O–H groups in total. The molecule has 0 saturated heterocycles. The Morgan fingerprint density at radius 1 is 1.24 bits per heavy atom. The summed E-state index contributed by atoms with van der Waals surface area (Å²) in [6, 6.07) is 5.03. The van der Waals surface area contributed by atoms with E-state index in [2.05, 4.69) is 10.2 Å². The van der Waals surface area contributed by atoms with Crippen molar-refractivity contribution in [3.05, 3.63) is 40.3 Å². The smallest absolute Gasteiger partial charge is 0.342 e. The first-order chi connectivity index (χ1) is 10.2. The average Bonchev–Trinajstić information content (AvgIpc) is 2.71. The van der Waals surface area contributed by atoms with E-state index in [4.69, 9.17) is 9.47 Å². The molecule has 0 saturated carbocycles. The lowest BCUT2D eigenvalue weighted by atomic mass is 10.0. The number of aromatic amines is 1. The van der Waals surface area contributed by atoms with Gasteiger partial charge in [-0.25, -0.2) is 9.89 Å². The maximum Gasteiger partial charge on any atom is 0.342 e. The Balaban J connectivity index is 2.14. The average molecular weight is 288 g/mol. The number of nitrogens with zero attached hydrogens (tertiary/aromatic N) is 1. The molecule has 0 aliphatic carbocycles. The molecule has 21 heavy (non-hydrogen) atoms. The number of nitrogens with one attached hydrogen (secondary N) is 1. The van der Waals surface area contributed by atoms with E-state index in [0.29, 0.717) is 30.3 Å². The van der Waals surface area contributed by atoms with Gasteiger partial charge in [-0.2, -0.15) is 5.10 Å². The summed E-state index contributed by atoms with van der Waals surface area (Å²) in [5.41, 5.74) is -0.316. The van der Waals surface area contributed by atoms with Gasteiger partial charge in [-0.1, -0.05) is 6.07 Å². The quantitative estimate of drug-likeness (QED) is 0.863. The maximum absolute atomic E-state index is 11.6. The van der Waals surface area contributed by atoms with Crippen LogP contribution in [0, 0.1) is 0 Å². The molecule has 7 nitrogen and oxygen atoms in total. The first kappa shape index (κ1) is 13.2. The van der Waals surface area contributed by atoms with Gasteiger partial charge in [0.25, 0.3) is 5.56 Å². The maximum atomic E-state index is 11.6. The summed E-state index contributed by atoms with van der Waals surface area (Å²) in [5, 5.41) is 15.0. The van der Waals surface area contributed by atoms with Crippen LogP contribution in [0.25, 0.3) is 11.1 Å². The van der Waals surface area contributed by atoms with Gasteiger partial charge in [-0.05, 0) is 17.7 Å². The Labute approximate surface area is 119 Å². The summed E-state index contributed by atoms with van der Waals surface area (Å²) in [6.07, 6.45) is 2.08. The van der Waals surface area contributed by atoms with Gasteiger partial charge in [0.05, 0.1) is 19.4 Å². The van der Waals surface area contributed by atoms with Crippen LogP contribution in [-0.2, 0) is 0 Å². The molecule has 1 aliphatic rings. The van der Waals surface area contributed by atoms with Crippen LogP contribution in [0.15, 0.2) is 29.2 Å². The van der Waals surface area contributed by atoms with Gasteiger partial charge in [0.1, 0.15) is 5.56 Å². The zero-order chi connectivity index (χ0) is 14.8. The number of H-pyrrole nitrogens is 1. The van der Waals surface area contributed by atoms with E-state index in [1.165, 1.54) is 6.20 Å². The molecule has 1 aromatic heterocycles. The van der Waals surface area contributed by atoms with Crippen LogP contribution in [0.4, 0.5) is 0 Å². The van der Waals surface area contributed by atoms with Crippen molar-refractivity contribution in [3.63, 3.8) is 0 Å². The Morgan fingerprint density at radius 2 is 2.00 bits per heavy atom. The summed E-state index contributed by atoms with van der Waals surface area (Å²) in [4.78, 5) is 22.9. The fourth-order valence-electron chi connectivity index (χ4n) is 2.16. The topological polar surface area (TPSA) is 102 Å². The van der Waals surface area contributed by atoms with E-state index in [9.17, 15) is 14.7 Å². The molecule has 1 aromatic carbocycles. The van der Waals surface area contributed by atoms with Gasteiger partial charge in [0.15, 0.2) is 11.5 Å². The second kappa shape index (κ2) is 5.28. The van der Waals surface area contributed by atoms with Crippen LogP contribution in [0.1, 0.15) is 16.8 Å². The molecule has 0 spiro atoms. The Kier molecular flexibility index (Phi) is 3.31. The summed E-state index contributed by atoms with van der Waals surface area (Å²) in [7, 11) is 0. The minimum Gasteiger partial charge on any atom is -0.490 e. The van der Waals surface area contributed by atoms with Gasteiger partial charge >= 0.3 is 5.97 Å². The van der Waals surface area contributed by atoms with Crippen LogP contribution < -0.4 is 15.0 Å². The Hall–Kier alpha value is -2.83. The van der Waals surface area contributed by atoms with Gasteiger partial charge in [0.2, 0.25) is 0 Å². The van der Waals surface area contributed by atoms with E-state index in [0.717, 1.165) is 6.42 Å². The summed E-state index contributed by atoms with van der Waals surface area (Å²) >= 11 is 0. The van der Waals surface area contributed by atoms with Crippen molar-refractivity contribution in [2.24, 2.45) is 0 Å². The third kappa shape index (κ3) is 2.45. The summed E-state index contributed by atoms with van der Waals surface area (Å²) in [5.74, 6) is -0.173. The minimum absolute atomic E-state index is 0.238. The second-order valence-corrected chi connectivity index (χ2v) is 4.50. The lowest BCUT2D eigenvalue weighted by molar-refractivity contribution is 0.0695. The molecule has 7 heteroatoms. The van der Waals surface area contributed by atoms with Crippen molar-refractivity contribution in [3.8, 4) is 22.6 Å². The van der Waals surface area contributed by atoms with Crippen molar-refractivity contribution in [1.82, 2.24) is 10.2 Å². The minimum atomic E-state index is -1.30. The van der Waals surface area contributed by atoms with Crippen molar-refractivity contribution in [2.45, 2.75) is 6.42 Å². The van der Waals surface area contributed by atoms with Crippen LogP contribution in [0.5, 0.6) is 11.5 Å². The Bertz CT molecular complexity index is 753. The highest BCUT2D eigenvalue weighted by Gasteiger charge is 2.19. The third-order valence-electron chi connectivity index (χ3n) is 3.13. The monoisotopic (exact) mass is 288 g/mol. The number of ether oxygens (including phenoxy) is 2. The number of hydrogen-bond acceptors (Lipinski definition) is 5. The zero-order valence-electron chi connectivity index (χ0n) is 11.0. The number of benzene rings is 1. The predicted octanol–water partition coefficient (Wildman–Crippen LogP) is 1.30. The third-order valence-corrected chi connectivity index (χ3v) is 3.13. The van der Waals surface area contributed by atoms with E-state index in [1.807, 2.05) is 0 Å². The van der Waals surface area contributed by atoms with Crippen molar-refractivity contribution >= 4 is 5.97 Å². The predicted molar refractivity (Wildman–Crippen MR) is 72.9 cm³/mol. The molecule has 0 amide bonds. The largest absolute Gasteiger partial charge is 0.490 e. The molecule has 2 heterocycles. The highest BCUT2D eigenvalue weighted by molar-refractivity contribution is 5.95. The number of aromatic nitrogens is 2. The second-order valence-electron chi connectivity index (χ2n) is 4.50. The number of fused-ring (bicyclic) bond motifs is 1. The molecule has 3 rings (SSSR count). The molecular formula is C14H12N2O5. The molecule has 0 radical (unpaired) electrons. The molecule has 0 bridgehead atoms. The normalized spacial score (nSPS) is 13.5. The summed E-state index contributed by atoms with van der Waals surface area (Å²) in [6.45, 7) is 1.09. The van der Waals surface area contributed by atoms with Crippen LogP contribution in [0.2, 0.25) is 0 Å². The highest BCUT2D eigenvalue weighted by atomic mass is 16.5. The zero-order valence-corrected chi connectivity index (χ0v) is 11.0. The van der Waals surface area contributed by atoms with Gasteiger partial charge in [0, 0.05) is 12.0 Å². The fourth-order valence-corrected chi connectivity index (χ4v) is 2.16. The standard InChI is InChI=1S/C14H12N2O5/c17-13-12(14(18)19)9(7-15-16-13)8-2-3-10-11(6-8)21-5-1-4-20-10/h2-3,6-7H,1,4-5H2,(H,16,17)(H,18,19). The van der Waals surface area contributed by atoms with Crippen molar-refractivity contribution in [2.75, 3.05) is 13.2 Å². The van der Waals surface area contributed by atoms with Crippen LogP contribution >= 0.6 is 0 Å². The van der Waals surface area contributed by atoms with Crippen molar-refractivity contribution in [1.29, 1.82) is 0 Å². The van der Waals surface area contributed by atoms with Gasteiger partial charge < -0.3 is 14.6 Å². The van der Waals surface area contributed by atoms with E-state index < -0.39 is 11.5 Å². The SMILES string of the molecule is O=C(O)c1c(-c2ccc3c(c2)OCCCO3)cn[nH]c1=O. The Morgan fingerprint density at radius 3 is 2.76 bits per heavy atom. The molecule has 0 unspecified atom stereocenters. The lowest BCUT2D eigenvalue weighted by Crippen LogP contribution is -2.19. The fraction of sp³-hybridized carbons (Fsp3) is 0.214. The van der Waals surface area contributed by atoms with Crippen LogP contribution in [0.3, 0.4) is 0 Å². The number of carboxylic acid groups (broad SMARTS) is 1. The van der Waals surface area contributed by atoms with Gasteiger partial charge in [-0.3, -0.25) is 4.79 Å². The number of hydrogen-bond donors (Lipinski definition) is 2. The van der Waals surface area contributed by atoms with Crippen LogP contribution in [-0.4, -0.2) is 34.5 Å². The van der Waals surface area contributed by atoms with Crippen molar-refractivity contribution < 1.29 is 19.4 Å². The molecular weight excluding hydrogens is 276 g/mol. The van der Waals surface area contributed by atoms with E-state index >= 15 is 0 Å². The van der Waals surface area contributed by atoms with E-state index in [1.54, 1.807) is 18.2 Å².